The van der Waals surface area contributed by atoms with Crippen LogP contribution in [0.3, 0.4) is 0 Å². The van der Waals surface area contributed by atoms with Crippen molar-refractivity contribution in [2.24, 2.45) is 0 Å². The number of aryl methyl sites for hydroxylation is 1. The lowest BCUT2D eigenvalue weighted by atomic mass is 9.85. The summed E-state index contributed by atoms with van der Waals surface area (Å²) >= 11 is 1.54. The molecule has 1 amide bonds. The van der Waals surface area contributed by atoms with Crippen LogP contribution in [0.25, 0.3) is 0 Å². The van der Waals surface area contributed by atoms with Gasteiger partial charge in [-0.1, -0.05) is 6.92 Å². The smallest absolute Gasteiger partial charge is 0.317 e. The fourth-order valence-corrected chi connectivity index (χ4v) is 3.17. The van der Waals surface area contributed by atoms with E-state index in [0.29, 0.717) is 12.8 Å². The topological polar surface area (TPSA) is 82.5 Å². The summed E-state index contributed by atoms with van der Waals surface area (Å²) in [5.41, 5.74) is 2.73. The highest BCUT2D eigenvalue weighted by atomic mass is 32.1. The number of carboxylic acid groups (broad SMARTS) is 1. The van der Waals surface area contributed by atoms with Crippen molar-refractivity contribution in [3.8, 4) is 0 Å². The molecule has 1 aromatic rings. The lowest BCUT2D eigenvalue weighted by Crippen LogP contribution is -2.54. The minimum absolute atomic E-state index is 0.0488. The number of aliphatic carboxylic acids is 1. The zero-order valence-electron chi connectivity index (χ0n) is 12.1. The number of carboxylic acids is 1. The van der Waals surface area contributed by atoms with Crippen LogP contribution >= 0.6 is 11.3 Å². The quantitative estimate of drug-likeness (QED) is 0.752. The summed E-state index contributed by atoms with van der Waals surface area (Å²) in [6.07, 6.45) is 2.80. The van der Waals surface area contributed by atoms with E-state index in [9.17, 15) is 9.59 Å². The molecule has 0 unspecified atom stereocenters. The van der Waals surface area contributed by atoms with Crippen LogP contribution in [-0.4, -0.2) is 52.0 Å². The van der Waals surface area contributed by atoms with Gasteiger partial charge in [-0.05, 0) is 25.8 Å². The molecule has 21 heavy (non-hydrogen) atoms. The monoisotopic (exact) mass is 311 g/mol. The maximum atomic E-state index is 11.8. The normalized spacial score (nSPS) is 21.0. The Morgan fingerprint density at radius 1 is 1.52 bits per heavy atom. The Balaban J connectivity index is 1.65. The number of carbonyl (C=O) groups excluding carboxylic acids is 1. The number of carbonyl (C=O) groups is 2. The second-order valence-corrected chi connectivity index (χ2v) is 6.04. The molecule has 1 aromatic heterocycles. The maximum Gasteiger partial charge on any atom is 0.317 e. The fraction of sp³-hybridized carbons (Fsp3) is 0.643. The average Bonchev–Trinajstić information content (AvgIpc) is 2.90. The molecule has 1 heterocycles. The van der Waals surface area contributed by atoms with Crippen LogP contribution < -0.4 is 5.32 Å². The molecule has 1 aliphatic carbocycles. The van der Waals surface area contributed by atoms with Crippen LogP contribution in [0.4, 0.5) is 0 Å². The van der Waals surface area contributed by atoms with Gasteiger partial charge in [-0.25, -0.2) is 4.98 Å². The van der Waals surface area contributed by atoms with Crippen LogP contribution in [0.1, 0.15) is 31.9 Å². The summed E-state index contributed by atoms with van der Waals surface area (Å²) in [6.45, 7) is 2.76. The summed E-state index contributed by atoms with van der Waals surface area (Å²) in [5.74, 6) is -0.750. The molecule has 0 aromatic carbocycles. The number of nitrogens with one attached hydrogen (secondary N) is 1. The minimum Gasteiger partial charge on any atom is -0.480 e. The van der Waals surface area contributed by atoms with Crippen LogP contribution in [-0.2, 0) is 16.0 Å². The molecule has 7 heteroatoms. The highest BCUT2D eigenvalue weighted by molar-refractivity contribution is 7.07. The molecule has 0 saturated heterocycles. The van der Waals surface area contributed by atoms with Crippen LogP contribution in [0.15, 0.2) is 10.9 Å². The number of thiazole rings is 1. The first kappa shape index (κ1) is 15.9. The molecule has 1 aliphatic rings. The Kier molecular flexibility index (Phi) is 5.69. The highest BCUT2D eigenvalue weighted by Crippen LogP contribution is 2.25. The van der Waals surface area contributed by atoms with Gasteiger partial charge in [0.05, 0.1) is 17.7 Å². The van der Waals surface area contributed by atoms with Crippen molar-refractivity contribution in [2.45, 2.75) is 44.7 Å². The molecule has 0 atom stereocenters. The second kappa shape index (κ2) is 7.51. The van der Waals surface area contributed by atoms with E-state index in [4.69, 9.17) is 5.11 Å². The lowest BCUT2D eigenvalue weighted by Gasteiger charge is -2.42. The van der Waals surface area contributed by atoms with E-state index < -0.39 is 5.97 Å². The number of nitrogens with zero attached hydrogens (tertiary/aromatic N) is 2. The predicted molar refractivity (Wildman–Crippen MR) is 80.3 cm³/mol. The number of amides is 1. The van der Waals surface area contributed by atoms with Gasteiger partial charge in [-0.3, -0.25) is 14.5 Å². The molecular weight excluding hydrogens is 290 g/mol. The third-order valence-corrected chi connectivity index (χ3v) is 4.47. The molecule has 0 spiro atoms. The van der Waals surface area contributed by atoms with Crippen molar-refractivity contribution in [3.63, 3.8) is 0 Å². The summed E-state index contributed by atoms with van der Waals surface area (Å²) in [5, 5.41) is 13.8. The molecule has 1 fully saturated rings. The van der Waals surface area contributed by atoms with E-state index in [1.165, 1.54) is 11.3 Å². The van der Waals surface area contributed by atoms with Crippen molar-refractivity contribution >= 4 is 23.2 Å². The van der Waals surface area contributed by atoms with Gasteiger partial charge in [-0.2, -0.15) is 0 Å². The average molecular weight is 311 g/mol. The summed E-state index contributed by atoms with van der Waals surface area (Å²) < 4.78 is 0. The zero-order valence-corrected chi connectivity index (χ0v) is 12.9. The van der Waals surface area contributed by atoms with Gasteiger partial charge in [0.1, 0.15) is 0 Å². The Labute approximate surface area is 128 Å². The van der Waals surface area contributed by atoms with Crippen LogP contribution in [0, 0.1) is 0 Å². The van der Waals surface area contributed by atoms with Gasteiger partial charge in [0, 0.05) is 23.9 Å². The first-order valence-electron chi connectivity index (χ1n) is 7.20. The minimum atomic E-state index is -0.799. The molecule has 2 N–H and O–H groups in total. The van der Waals surface area contributed by atoms with E-state index >= 15 is 0 Å². The third-order valence-electron chi connectivity index (χ3n) is 3.83. The van der Waals surface area contributed by atoms with Crippen molar-refractivity contribution in [1.29, 1.82) is 0 Å². The van der Waals surface area contributed by atoms with Gasteiger partial charge in [-0.15, -0.1) is 11.3 Å². The predicted octanol–water partition coefficient (Wildman–Crippen LogP) is 1.13. The standard InChI is InChI=1S/C14H21N3O3S/c1-2-17(7-14(19)20)12-5-11(6-12)16-13(18)4-3-10-8-21-9-15-10/h8-9,11-12H,2-7H2,1H3,(H,16,18)(H,19,20). The van der Waals surface area contributed by atoms with Gasteiger partial charge in [0.2, 0.25) is 5.91 Å². The van der Waals surface area contributed by atoms with Gasteiger partial charge < -0.3 is 10.4 Å². The highest BCUT2D eigenvalue weighted by Gasteiger charge is 2.34. The molecule has 2 rings (SSSR count). The lowest BCUT2D eigenvalue weighted by molar-refractivity contribution is -0.139. The van der Waals surface area contributed by atoms with E-state index in [-0.39, 0.29) is 24.5 Å². The fourth-order valence-electron chi connectivity index (χ4n) is 2.58. The SMILES string of the molecule is CCN(CC(=O)O)C1CC(NC(=O)CCc2cscn2)C1. The Hall–Kier alpha value is -1.47. The summed E-state index contributed by atoms with van der Waals surface area (Å²) in [4.78, 5) is 28.7. The molecule has 116 valence electrons. The Morgan fingerprint density at radius 3 is 2.86 bits per heavy atom. The third kappa shape index (κ3) is 4.78. The number of aromatic nitrogens is 1. The molecule has 1 saturated carbocycles. The van der Waals surface area contributed by atoms with Gasteiger partial charge >= 0.3 is 5.97 Å². The largest absolute Gasteiger partial charge is 0.480 e. The maximum absolute atomic E-state index is 11.8. The van der Waals surface area contributed by atoms with Gasteiger partial charge in [0.15, 0.2) is 0 Å². The first-order chi connectivity index (χ1) is 10.1. The van der Waals surface area contributed by atoms with Crippen molar-refractivity contribution in [2.75, 3.05) is 13.1 Å². The first-order valence-corrected chi connectivity index (χ1v) is 8.15. The van der Waals surface area contributed by atoms with Crippen LogP contribution in [0.5, 0.6) is 0 Å². The van der Waals surface area contributed by atoms with Gasteiger partial charge in [0.25, 0.3) is 0 Å². The number of hydrogen-bond donors (Lipinski definition) is 2. The number of likely N-dealkylation sites (N-methyl/N-ethyl adjacent to an activating group) is 1. The number of rotatable bonds is 8. The Morgan fingerprint density at radius 2 is 2.29 bits per heavy atom. The van der Waals surface area contributed by atoms with E-state index in [2.05, 4.69) is 10.3 Å². The second-order valence-electron chi connectivity index (χ2n) is 5.33. The van der Waals surface area contributed by atoms with Crippen molar-refractivity contribution in [1.82, 2.24) is 15.2 Å². The summed E-state index contributed by atoms with van der Waals surface area (Å²) in [7, 11) is 0. The van der Waals surface area contributed by atoms with Crippen molar-refractivity contribution in [3.05, 3.63) is 16.6 Å². The molecule has 0 bridgehead atoms. The number of hydrogen-bond acceptors (Lipinski definition) is 5. The van der Waals surface area contributed by atoms with Crippen LogP contribution in [0.2, 0.25) is 0 Å². The van der Waals surface area contributed by atoms with E-state index in [1.54, 1.807) is 5.51 Å². The summed E-state index contributed by atoms with van der Waals surface area (Å²) in [6, 6.07) is 0.454. The molecule has 0 aliphatic heterocycles. The Bertz CT molecular complexity index is 472. The zero-order chi connectivity index (χ0) is 15.2. The molecule has 6 nitrogen and oxygen atoms in total. The van der Waals surface area contributed by atoms with Crippen molar-refractivity contribution < 1.29 is 14.7 Å². The molecular formula is C14H21N3O3S. The van der Waals surface area contributed by atoms with E-state index in [0.717, 1.165) is 25.1 Å². The van der Waals surface area contributed by atoms with E-state index in [1.807, 2.05) is 17.2 Å². The molecule has 0 radical (unpaired) electrons.